The number of hydrogen-bond donors (Lipinski definition) is 0. The van der Waals surface area contributed by atoms with Gasteiger partial charge in [0.2, 0.25) is 5.91 Å². The van der Waals surface area contributed by atoms with Crippen molar-refractivity contribution >= 4 is 11.7 Å². The number of benzene rings is 1. The van der Waals surface area contributed by atoms with Gasteiger partial charge in [0.05, 0.1) is 18.1 Å². The molecule has 2 aromatic rings. The summed E-state index contributed by atoms with van der Waals surface area (Å²) in [4.78, 5) is 26.5. The molecule has 5 nitrogen and oxygen atoms in total. The molecule has 3 heterocycles. The summed E-state index contributed by atoms with van der Waals surface area (Å²) < 4.78 is 0. The van der Waals surface area contributed by atoms with Crippen LogP contribution in [-0.2, 0) is 4.79 Å². The maximum atomic E-state index is 12.7. The van der Waals surface area contributed by atoms with E-state index >= 15 is 0 Å². The average molecular weight is 362 g/mol. The van der Waals surface area contributed by atoms with E-state index in [0.29, 0.717) is 23.7 Å². The van der Waals surface area contributed by atoms with Crippen LogP contribution in [0.25, 0.3) is 11.3 Å². The van der Waals surface area contributed by atoms with Crippen molar-refractivity contribution in [2.45, 2.75) is 25.7 Å². The lowest BCUT2D eigenvalue weighted by atomic mass is 10.0. The van der Waals surface area contributed by atoms with E-state index in [0.717, 1.165) is 56.1 Å². The predicted molar refractivity (Wildman–Crippen MR) is 105 cm³/mol. The monoisotopic (exact) mass is 362 g/mol. The van der Waals surface area contributed by atoms with Crippen LogP contribution in [0.2, 0.25) is 0 Å². The largest absolute Gasteiger partial charge is 0.355 e. The fourth-order valence-electron chi connectivity index (χ4n) is 5.03. The minimum Gasteiger partial charge on any atom is -0.355 e. The standard InChI is InChI=1S/C22H26N4O/c27-22(17-8-4-5-9-17)26-14-18-12-25(13-19(18)15-26)21-11-23-20(10-24-21)16-6-2-1-3-7-16/h1-3,6-7,10-11,17-19H,4-5,8-9,12-15H2. The number of anilines is 1. The highest BCUT2D eigenvalue weighted by molar-refractivity contribution is 5.79. The number of fused-ring (bicyclic) bond motifs is 1. The lowest BCUT2D eigenvalue weighted by Gasteiger charge is -2.24. The van der Waals surface area contributed by atoms with Gasteiger partial charge in [-0.1, -0.05) is 43.2 Å². The van der Waals surface area contributed by atoms with Gasteiger partial charge in [-0.25, -0.2) is 4.98 Å². The quantitative estimate of drug-likeness (QED) is 0.841. The van der Waals surface area contributed by atoms with E-state index in [-0.39, 0.29) is 0 Å². The number of nitrogens with zero attached hydrogens (tertiary/aromatic N) is 4. The van der Waals surface area contributed by atoms with Crippen molar-refractivity contribution in [1.82, 2.24) is 14.9 Å². The highest BCUT2D eigenvalue weighted by atomic mass is 16.2. The fourth-order valence-corrected chi connectivity index (χ4v) is 5.03. The third-order valence-corrected chi connectivity index (χ3v) is 6.53. The highest BCUT2D eigenvalue weighted by Crippen LogP contribution is 2.35. The predicted octanol–water partition coefficient (Wildman–Crippen LogP) is 3.23. The molecule has 27 heavy (non-hydrogen) atoms. The molecule has 2 aliphatic heterocycles. The van der Waals surface area contributed by atoms with Crippen molar-refractivity contribution in [2.75, 3.05) is 31.1 Å². The Labute approximate surface area is 160 Å². The summed E-state index contributed by atoms with van der Waals surface area (Å²) in [6.07, 6.45) is 8.41. The molecule has 0 N–H and O–H groups in total. The van der Waals surface area contributed by atoms with Gasteiger partial charge in [-0.3, -0.25) is 9.78 Å². The summed E-state index contributed by atoms with van der Waals surface area (Å²) >= 11 is 0. The molecule has 1 aromatic carbocycles. The van der Waals surface area contributed by atoms with Crippen LogP contribution in [0.4, 0.5) is 5.82 Å². The van der Waals surface area contributed by atoms with Crippen molar-refractivity contribution in [3.63, 3.8) is 0 Å². The van der Waals surface area contributed by atoms with Gasteiger partial charge in [0.15, 0.2) is 0 Å². The Morgan fingerprint density at radius 1 is 0.889 bits per heavy atom. The van der Waals surface area contributed by atoms with Crippen molar-refractivity contribution in [2.24, 2.45) is 17.8 Å². The Bertz CT molecular complexity index is 787. The summed E-state index contributed by atoms with van der Waals surface area (Å²) in [6.45, 7) is 3.81. The van der Waals surface area contributed by atoms with Crippen LogP contribution >= 0.6 is 0 Å². The molecule has 1 aliphatic carbocycles. The Kier molecular flexibility index (Phi) is 4.30. The minimum absolute atomic E-state index is 0.302. The molecule has 1 saturated carbocycles. The lowest BCUT2D eigenvalue weighted by Crippen LogP contribution is -2.36. The fraction of sp³-hybridized carbons (Fsp3) is 0.500. The third-order valence-electron chi connectivity index (χ3n) is 6.53. The van der Waals surface area contributed by atoms with Crippen LogP contribution < -0.4 is 4.90 Å². The Morgan fingerprint density at radius 2 is 1.59 bits per heavy atom. The summed E-state index contributed by atoms with van der Waals surface area (Å²) in [5, 5.41) is 0. The van der Waals surface area contributed by atoms with Crippen LogP contribution in [0.5, 0.6) is 0 Å². The molecule has 2 atom stereocenters. The minimum atomic E-state index is 0.302. The molecule has 140 valence electrons. The van der Waals surface area contributed by atoms with Crippen LogP contribution in [0.3, 0.4) is 0 Å². The summed E-state index contributed by atoms with van der Waals surface area (Å²) in [5.41, 5.74) is 2.00. The first-order valence-corrected chi connectivity index (χ1v) is 10.2. The zero-order valence-electron chi connectivity index (χ0n) is 15.6. The number of hydrogen-bond acceptors (Lipinski definition) is 4. The van der Waals surface area contributed by atoms with Crippen molar-refractivity contribution in [1.29, 1.82) is 0 Å². The molecule has 5 heteroatoms. The Hall–Kier alpha value is -2.43. The van der Waals surface area contributed by atoms with E-state index in [4.69, 9.17) is 0 Å². The van der Waals surface area contributed by atoms with E-state index in [1.54, 1.807) is 0 Å². The Balaban J connectivity index is 1.22. The van der Waals surface area contributed by atoms with Gasteiger partial charge in [-0.15, -0.1) is 0 Å². The summed E-state index contributed by atoms with van der Waals surface area (Å²) in [6, 6.07) is 10.2. The smallest absolute Gasteiger partial charge is 0.225 e. The molecule has 2 unspecified atom stereocenters. The SMILES string of the molecule is O=C(C1CCCC1)N1CC2CN(c3cnc(-c4ccccc4)cn3)CC2C1. The second-order valence-corrected chi connectivity index (χ2v) is 8.28. The van der Waals surface area contributed by atoms with Gasteiger partial charge in [-0.05, 0) is 12.8 Å². The zero-order valence-corrected chi connectivity index (χ0v) is 15.6. The second kappa shape index (κ2) is 6.95. The molecular weight excluding hydrogens is 336 g/mol. The normalized spacial score (nSPS) is 25.2. The number of amides is 1. The van der Waals surface area contributed by atoms with Crippen LogP contribution in [0.1, 0.15) is 25.7 Å². The number of carbonyl (C=O) groups is 1. The lowest BCUT2D eigenvalue weighted by molar-refractivity contribution is -0.134. The average Bonchev–Trinajstić information content (AvgIpc) is 3.44. The Morgan fingerprint density at radius 3 is 2.22 bits per heavy atom. The molecule has 1 aromatic heterocycles. The number of carbonyl (C=O) groups excluding carboxylic acids is 1. The van der Waals surface area contributed by atoms with Gasteiger partial charge < -0.3 is 9.80 Å². The summed E-state index contributed by atoms with van der Waals surface area (Å²) in [5.74, 6) is 2.83. The van der Waals surface area contributed by atoms with E-state index in [2.05, 4.69) is 31.9 Å². The molecular formula is C22H26N4O. The van der Waals surface area contributed by atoms with Crippen LogP contribution in [0, 0.1) is 17.8 Å². The first-order valence-electron chi connectivity index (χ1n) is 10.2. The molecule has 3 aliphatic rings. The molecule has 2 saturated heterocycles. The van der Waals surface area contributed by atoms with Gasteiger partial charge in [0, 0.05) is 49.5 Å². The molecule has 0 radical (unpaired) electrons. The van der Waals surface area contributed by atoms with Gasteiger partial charge >= 0.3 is 0 Å². The molecule has 0 bridgehead atoms. The molecule has 1 amide bonds. The zero-order chi connectivity index (χ0) is 18.2. The maximum absolute atomic E-state index is 12.7. The number of likely N-dealkylation sites (tertiary alicyclic amines) is 1. The number of rotatable bonds is 3. The first-order chi connectivity index (χ1) is 13.3. The van der Waals surface area contributed by atoms with Crippen molar-refractivity contribution in [3.05, 3.63) is 42.7 Å². The van der Waals surface area contributed by atoms with E-state index in [9.17, 15) is 4.79 Å². The molecule has 3 fully saturated rings. The van der Waals surface area contributed by atoms with Gasteiger partial charge in [0.1, 0.15) is 5.82 Å². The molecule has 0 spiro atoms. The van der Waals surface area contributed by atoms with Crippen LogP contribution in [0.15, 0.2) is 42.7 Å². The third kappa shape index (κ3) is 3.20. The van der Waals surface area contributed by atoms with Crippen molar-refractivity contribution < 1.29 is 4.79 Å². The van der Waals surface area contributed by atoms with E-state index in [1.165, 1.54) is 12.8 Å². The maximum Gasteiger partial charge on any atom is 0.225 e. The molecule has 5 rings (SSSR count). The van der Waals surface area contributed by atoms with E-state index in [1.807, 2.05) is 30.6 Å². The van der Waals surface area contributed by atoms with E-state index < -0.39 is 0 Å². The topological polar surface area (TPSA) is 49.3 Å². The van der Waals surface area contributed by atoms with Crippen LogP contribution in [-0.4, -0.2) is 47.0 Å². The highest BCUT2D eigenvalue weighted by Gasteiger charge is 2.43. The van der Waals surface area contributed by atoms with Gasteiger partial charge in [0.25, 0.3) is 0 Å². The first kappa shape index (κ1) is 16.7. The van der Waals surface area contributed by atoms with Crippen molar-refractivity contribution in [3.8, 4) is 11.3 Å². The second-order valence-electron chi connectivity index (χ2n) is 8.28. The number of aromatic nitrogens is 2. The van der Waals surface area contributed by atoms with Gasteiger partial charge in [-0.2, -0.15) is 0 Å². The summed E-state index contributed by atoms with van der Waals surface area (Å²) in [7, 11) is 0.